The molecular weight excluding hydrogens is 422 g/mol. The summed E-state index contributed by atoms with van der Waals surface area (Å²) in [6.45, 7) is -0.0163. The van der Waals surface area contributed by atoms with Gasteiger partial charge in [0, 0.05) is 6.04 Å². The highest BCUT2D eigenvalue weighted by molar-refractivity contribution is 5.80. The van der Waals surface area contributed by atoms with Gasteiger partial charge in [-0.05, 0) is 48.7 Å². The fourth-order valence-electron chi connectivity index (χ4n) is 4.56. The van der Waals surface area contributed by atoms with Gasteiger partial charge < -0.3 is 14.2 Å². The predicted molar refractivity (Wildman–Crippen MR) is 124 cm³/mol. The Labute approximate surface area is 191 Å². The Morgan fingerprint density at radius 1 is 1.00 bits per heavy atom. The maximum absolute atomic E-state index is 13.6. The molecule has 33 heavy (non-hydrogen) atoms. The first kappa shape index (κ1) is 22.5. The number of methoxy groups -OCH3 is 2. The zero-order chi connectivity index (χ0) is 23.4. The van der Waals surface area contributed by atoms with Gasteiger partial charge in [-0.2, -0.15) is 5.26 Å². The van der Waals surface area contributed by atoms with E-state index in [9.17, 15) is 9.59 Å². The van der Waals surface area contributed by atoms with Crippen LogP contribution in [-0.4, -0.2) is 30.0 Å². The van der Waals surface area contributed by atoms with Crippen LogP contribution in [0.2, 0.25) is 0 Å². The molecule has 1 aromatic heterocycles. The molecule has 0 N–H and O–H groups in total. The van der Waals surface area contributed by atoms with Crippen molar-refractivity contribution in [3.05, 3.63) is 62.8 Å². The molecule has 0 amide bonds. The highest BCUT2D eigenvalue weighted by Crippen LogP contribution is 2.30. The van der Waals surface area contributed by atoms with Gasteiger partial charge in [0.05, 0.1) is 31.7 Å². The number of ether oxygens (including phenoxy) is 3. The van der Waals surface area contributed by atoms with Crippen LogP contribution in [0.1, 0.15) is 43.7 Å². The average molecular weight is 450 g/mol. The van der Waals surface area contributed by atoms with Gasteiger partial charge in [0.15, 0.2) is 18.1 Å². The molecule has 8 heteroatoms. The minimum Gasteiger partial charge on any atom is -0.493 e. The number of fused-ring (bicyclic) bond motifs is 1. The first-order valence-corrected chi connectivity index (χ1v) is 11.1. The SMILES string of the molecule is COc1ccc(Cn2c(=O)c3cc(OCC#N)ccc3n(C3CCCCC3)c2=O)cc1OC. The van der Waals surface area contributed by atoms with Crippen LogP contribution in [0.25, 0.3) is 10.9 Å². The van der Waals surface area contributed by atoms with Crippen LogP contribution in [0.3, 0.4) is 0 Å². The Kier molecular flexibility index (Phi) is 6.68. The lowest BCUT2D eigenvalue weighted by molar-refractivity contribution is 0.344. The summed E-state index contributed by atoms with van der Waals surface area (Å²) in [6.07, 6.45) is 5.06. The third kappa shape index (κ3) is 4.44. The molecule has 1 fully saturated rings. The van der Waals surface area contributed by atoms with Crippen LogP contribution < -0.4 is 25.5 Å². The molecule has 2 aromatic carbocycles. The molecule has 1 aliphatic rings. The summed E-state index contributed by atoms with van der Waals surface area (Å²) in [5.74, 6) is 1.53. The second-order valence-corrected chi connectivity index (χ2v) is 8.15. The Morgan fingerprint density at radius 2 is 1.76 bits per heavy atom. The summed E-state index contributed by atoms with van der Waals surface area (Å²) in [6, 6.07) is 12.4. The van der Waals surface area contributed by atoms with Crippen molar-refractivity contribution in [2.24, 2.45) is 0 Å². The number of benzene rings is 2. The van der Waals surface area contributed by atoms with Crippen LogP contribution in [0.4, 0.5) is 0 Å². The van der Waals surface area contributed by atoms with Crippen LogP contribution in [0.5, 0.6) is 17.2 Å². The van der Waals surface area contributed by atoms with E-state index in [1.807, 2.05) is 12.1 Å². The van der Waals surface area contributed by atoms with Gasteiger partial charge >= 0.3 is 5.69 Å². The number of nitriles is 1. The van der Waals surface area contributed by atoms with E-state index < -0.39 is 0 Å². The first-order chi connectivity index (χ1) is 16.1. The molecule has 1 aliphatic carbocycles. The lowest BCUT2D eigenvalue weighted by atomic mass is 9.95. The smallest absolute Gasteiger partial charge is 0.332 e. The summed E-state index contributed by atoms with van der Waals surface area (Å²) < 4.78 is 19.1. The van der Waals surface area contributed by atoms with E-state index in [-0.39, 0.29) is 30.4 Å². The molecular formula is C25H27N3O5. The van der Waals surface area contributed by atoms with Crippen molar-refractivity contribution in [2.45, 2.75) is 44.7 Å². The normalized spacial score (nSPS) is 14.1. The average Bonchev–Trinajstić information content (AvgIpc) is 2.86. The van der Waals surface area contributed by atoms with E-state index in [1.165, 1.54) is 4.57 Å². The van der Waals surface area contributed by atoms with Gasteiger partial charge in [0.25, 0.3) is 5.56 Å². The van der Waals surface area contributed by atoms with Gasteiger partial charge in [-0.15, -0.1) is 0 Å². The van der Waals surface area contributed by atoms with Gasteiger partial charge in [-0.25, -0.2) is 4.79 Å². The van der Waals surface area contributed by atoms with Gasteiger partial charge in [0.1, 0.15) is 11.8 Å². The highest BCUT2D eigenvalue weighted by Gasteiger charge is 2.22. The summed E-state index contributed by atoms with van der Waals surface area (Å²) in [7, 11) is 3.10. The molecule has 3 aromatic rings. The van der Waals surface area contributed by atoms with E-state index in [2.05, 4.69) is 0 Å². The molecule has 0 unspecified atom stereocenters. The fourth-order valence-corrected chi connectivity index (χ4v) is 4.56. The quantitative estimate of drug-likeness (QED) is 0.547. The van der Waals surface area contributed by atoms with Crippen molar-refractivity contribution in [3.63, 3.8) is 0 Å². The summed E-state index contributed by atoms with van der Waals surface area (Å²) in [4.78, 5) is 27.1. The summed E-state index contributed by atoms with van der Waals surface area (Å²) in [5.41, 5.74) is 0.641. The van der Waals surface area contributed by atoms with Crippen molar-refractivity contribution in [2.75, 3.05) is 20.8 Å². The lowest BCUT2D eigenvalue weighted by Crippen LogP contribution is -2.42. The third-order valence-corrected chi connectivity index (χ3v) is 6.17. The standard InChI is InChI=1S/C25H27N3O5/c1-31-22-11-8-17(14-23(22)32-2)16-27-24(29)20-15-19(33-13-12-26)9-10-21(20)28(25(27)30)18-6-4-3-5-7-18/h8-11,14-15,18H,3-7,13,16H2,1-2H3. The molecule has 0 aliphatic heterocycles. The van der Waals surface area contributed by atoms with E-state index in [4.69, 9.17) is 19.5 Å². The van der Waals surface area contributed by atoms with Crippen molar-refractivity contribution < 1.29 is 14.2 Å². The molecule has 172 valence electrons. The highest BCUT2D eigenvalue weighted by atomic mass is 16.5. The second-order valence-electron chi connectivity index (χ2n) is 8.15. The molecule has 1 saturated carbocycles. The number of hydrogen-bond acceptors (Lipinski definition) is 6. The van der Waals surface area contributed by atoms with Crippen molar-refractivity contribution in [1.29, 1.82) is 5.26 Å². The largest absolute Gasteiger partial charge is 0.493 e. The second kappa shape index (κ2) is 9.82. The minimum atomic E-state index is -0.390. The van der Waals surface area contributed by atoms with E-state index >= 15 is 0 Å². The Bertz CT molecular complexity index is 1310. The van der Waals surface area contributed by atoms with Crippen molar-refractivity contribution >= 4 is 10.9 Å². The van der Waals surface area contributed by atoms with Crippen LogP contribution in [0.15, 0.2) is 46.0 Å². The topological polar surface area (TPSA) is 95.5 Å². The third-order valence-electron chi connectivity index (χ3n) is 6.17. The van der Waals surface area contributed by atoms with Crippen LogP contribution in [0, 0.1) is 11.3 Å². The van der Waals surface area contributed by atoms with Crippen molar-refractivity contribution in [1.82, 2.24) is 9.13 Å². The predicted octanol–water partition coefficient (Wildman–Crippen LogP) is 3.64. The monoisotopic (exact) mass is 449 g/mol. The van der Waals surface area contributed by atoms with E-state index in [1.54, 1.807) is 49.1 Å². The van der Waals surface area contributed by atoms with Gasteiger partial charge in [-0.3, -0.25) is 13.9 Å². The minimum absolute atomic E-state index is 0.0388. The molecule has 0 atom stereocenters. The van der Waals surface area contributed by atoms with Gasteiger partial charge in [0.2, 0.25) is 0 Å². The van der Waals surface area contributed by atoms with E-state index in [0.717, 1.165) is 37.7 Å². The van der Waals surface area contributed by atoms with Gasteiger partial charge in [-0.1, -0.05) is 25.3 Å². The first-order valence-electron chi connectivity index (χ1n) is 11.1. The Hall–Kier alpha value is -3.73. The molecule has 8 nitrogen and oxygen atoms in total. The molecule has 0 bridgehead atoms. The zero-order valence-electron chi connectivity index (χ0n) is 18.9. The van der Waals surface area contributed by atoms with E-state index in [0.29, 0.717) is 28.2 Å². The number of nitrogens with zero attached hydrogens (tertiary/aromatic N) is 3. The number of rotatable bonds is 7. The number of aromatic nitrogens is 2. The zero-order valence-corrected chi connectivity index (χ0v) is 18.9. The Morgan fingerprint density at radius 3 is 2.45 bits per heavy atom. The fraction of sp³-hybridized carbons (Fsp3) is 0.400. The summed E-state index contributed by atoms with van der Waals surface area (Å²) >= 11 is 0. The lowest BCUT2D eigenvalue weighted by Gasteiger charge is -2.26. The molecule has 0 radical (unpaired) electrons. The molecule has 0 saturated heterocycles. The number of hydrogen-bond donors (Lipinski definition) is 0. The van der Waals surface area contributed by atoms with Crippen LogP contribution in [-0.2, 0) is 6.54 Å². The Balaban J connectivity index is 1.88. The molecule has 0 spiro atoms. The maximum atomic E-state index is 13.6. The summed E-state index contributed by atoms with van der Waals surface area (Å²) in [5, 5.41) is 9.23. The molecule has 4 rings (SSSR count). The maximum Gasteiger partial charge on any atom is 0.332 e. The molecule has 1 heterocycles. The van der Waals surface area contributed by atoms with Crippen molar-refractivity contribution in [3.8, 4) is 23.3 Å². The van der Waals surface area contributed by atoms with Crippen LogP contribution >= 0.6 is 0 Å².